The van der Waals surface area contributed by atoms with E-state index in [0.29, 0.717) is 6.54 Å². The summed E-state index contributed by atoms with van der Waals surface area (Å²) in [7, 11) is 0. The molecule has 2 heterocycles. The third-order valence-electron chi connectivity index (χ3n) is 2.36. The maximum absolute atomic E-state index is 11.9. The van der Waals surface area contributed by atoms with Gasteiger partial charge in [-0.25, -0.2) is 4.79 Å². The SMILES string of the molecule is CC(C)n1ccn(Cc2ccsc2)c1=O. The van der Waals surface area contributed by atoms with Gasteiger partial charge in [0.1, 0.15) is 0 Å². The summed E-state index contributed by atoms with van der Waals surface area (Å²) in [6.07, 6.45) is 3.69. The molecular formula is C11H14N2OS. The van der Waals surface area contributed by atoms with Gasteiger partial charge in [0, 0.05) is 18.4 Å². The van der Waals surface area contributed by atoms with Gasteiger partial charge < -0.3 is 0 Å². The Balaban J connectivity index is 2.27. The van der Waals surface area contributed by atoms with Gasteiger partial charge in [-0.2, -0.15) is 11.3 Å². The van der Waals surface area contributed by atoms with Crippen molar-refractivity contribution in [2.75, 3.05) is 0 Å². The number of nitrogens with zero attached hydrogens (tertiary/aromatic N) is 2. The van der Waals surface area contributed by atoms with E-state index in [9.17, 15) is 4.79 Å². The van der Waals surface area contributed by atoms with E-state index in [4.69, 9.17) is 0 Å². The highest BCUT2D eigenvalue weighted by Crippen LogP contribution is 2.07. The summed E-state index contributed by atoms with van der Waals surface area (Å²) in [6, 6.07) is 2.27. The average molecular weight is 222 g/mol. The van der Waals surface area contributed by atoms with Gasteiger partial charge in [-0.15, -0.1) is 0 Å². The van der Waals surface area contributed by atoms with Crippen molar-refractivity contribution >= 4 is 11.3 Å². The molecular weight excluding hydrogens is 208 g/mol. The average Bonchev–Trinajstić information content (AvgIpc) is 2.78. The molecule has 2 rings (SSSR count). The van der Waals surface area contributed by atoms with Crippen molar-refractivity contribution in [2.24, 2.45) is 0 Å². The lowest BCUT2D eigenvalue weighted by Crippen LogP contribution is -2.25. The second-order valence-corrected chi connectivity index (χ2v) is 4.62. The van der Waals surface area contributed by atoms with E-state index in [1.807, 2.05) is 37.7 Å². The summed E-state index contributed by atoms with van der Waals surface area (Å²) in [5.41, 5.74) is 1.25. The van der Waals surface area contributed by atoms with Crippen LogP contribution in [-0.2, 0) is 6.54 Å². The maximum atomic E-state index is 11.9. The number of aromatic nitrogens is 2. The molecule has 0 aliphatic rings. The molecule has 0 fully saturated rings. The summed E-state index contributed by atoms with van der Waals surface area (Å²) < 4.78 is 3.48. The van der Waals surface area contributed by atoms with Crippen molar-refractivity contribution in [1.29, 1.82) is 0 Å². The largest absolute Gasteiger partial charge is 0.328 e. The van der Waals surface area contributed by atoms with Gasteiger partial charge in [0.15, 0.2) is 0 Å². The molecule has 4 heteroatoms. The minimum atomic E-state index is 0.0659. The van der Waals surface area contributed by atoms with Gasteiger partial charge in [-0.1, -0.05) is 0 Å². The number of imidazole rings is 1. The van der Waals surface area contributed by atoms with E-state index >= 15 is 0 Å². The van der Waals surface area contributed by atoms with Crippen LogP contribution >= 0.6 is 11.3 Å². The molecule has 0 radical (unpaired) electrons. The minimum absolute atomic E-state index is 0.0659. The van der Waals surface area contributed by atoms with Crippen LogP contribution in [-0.4, -0.2) is 9.13 Å². The van der Waals surface area contributed by atoms with Crippen LogP contribution < -0.4 is 5.69 Å². The monoisotopic (exact) mass is 222 g/mol. The van der Waals surface area contributed by atoms with Gasteiger partial charge in [-0.05, 0) is 36.2 Å². The summed E-state index contributed by atoms with van der Waals surface area (Å²) in [4.78, 5) is 11.9. The smallest absolute Gasteiger partial charge is 0.297 e. The van der Waals surface area contributed by atoms with Crippen LogP contribution in [0.2, 0.25) is 0 Å². The first-order valence-electron chi connectivity index (χ1n) is 4.97. The van der Waals surface area contributed by atoms with Gasteiger partial charge in [0.2, 0.25) is 0 Å². The van der Waals surface area contributed by atoms with Gasteiger partial charge >= 0.3 is 5.69 Å². The molecule has 0 aliphatic carbocycles. The Morgan fingerprint density at radius 1 is 1.40 bits per heavy atom. The first-order chi connectivity index (χ1) is 7.18. The molecule has 2 aromatic heterocycles. The highest BCUT2D eigenvalue weighted by atomic mass is 32.1. The van der Waals surface area contributed by atoms with E-state index in [1.54, 1.807) is 20.5 Å². The summed E-state index contributed by atoms with van der Waals surface area (Å²) in [6.45, 7) is 4.69. The first kappa shape index (κ1) is 10.2. The second kappa shape index (κ2) is 4.06. The van der Waals surface area contributed by atoms with Gasteiger partial charge in [-0.3, -0.25) is 9.13 Å². The molecule has 0 saturated heterocycles. The molecule has 0 N–H and O–H groups in total. The molecule has 15 heavy (non-hydrogen) atoms. The standard InChI is InChI=1S/C11H14N2OS/c1-9(2)13-5-4-12(11(13)14)7-10-3-6-15-8-10/h3-6,8-9H,7H2,1-2H3. The predicted octanol–water partition coefficient (Wildman–Crippen LogP) is 2.34. The minimum Gasteiger partial charge on any atom is -0.297 e. The highest BCUT2D eigenvalue weighted by molar-refractivity contribution is 7.07. The zero-order valence-corrected chi connectivity index (χ0v) is 9.70. The molecule has 0 bridgehead atoms. The topological polar surface area (TPSA) is 26.9 Å². The Morgan fingerprint density at radius 3 is 2.73 bits per heavy atom. The molecule has 80 valence electrons. The quantitative estimate of drug-likeness (QED) is 0.783. The number of hydrogen-bond acceptors (Lipinski definition) is 2. The van der Waals surface area contributed by atoms with E-state index in [1.165, 1.54) is 5.56 Å². The Morgan fingerprint density at radius 2 is 2.20 bits per heavy atom. The Kier molecular flexibility index (Phi) is 2.77. The fraction of sp³-hybridized carbons (Fsp3) is 0.364. The molecule has 2 aromatic rings. The van der Waals surface area contributed by atoms with Crippen LogP contribution in [0.4, 0.5) is 0 Å². The Hall–Kier alpha value is -1.29. The fourth-order valence-corrected chi connectivity index (χ4v) is 2.18. The molecule has 0 saturated carbocycles. The zero-order chi connectivity index (χ0) is 10.8. The zero-order valence-electron chi connectivity index (χ0n) is 8.88. The lowest BCUT2D eigenvalue weighted by Gasteiger charge is -2.04. The molecule has 0 aromatic carbocycles. The maximum Gasteiger partial charge on any atom is 0.328 e. The summed E-state index contributed by atoms with van der Waals surface area (Å²) in [5, 5.41) is 4.10. The lowest BCUT2D eigenvalue weighted by atomic mass is 10.3. The summed E-state index contributed by atoms with van der Waals surface area (Å²) >= 11 is 1.66. The van der Waals surface area contributed by atoms with Gasteiger partial charge in [0.25, 0.3) is 0 Å². The van der Waals surface area contributed by atoms with Crippen LogP contribution in [0.3, 0.4) is 0 Å². The third-order valence-corrected chi connectivity index (χ3v) is 3.10. The first-order valence-corrected chi connectivity index (χ1v) is 5.91. The number of rotatable bonds is 3. The van der Waals surface area contributed by atoms with Crippen molar-refractivity contribution < 1.29 is 0 Å². The predicted molar refractivity (Wildman–Crippen MR) is 62.5 cm³/mol. The lowest BCUT2D eigenvalue weighted by molar-refractivity contribution is 0.561. The van der Waals surface area contributed by atoms with E-state index in [2.05, 4.69) is 5.38 Å². The van der Waals surface area contributed by atoms with Crippen molar-refractivity contribution in [3.8, 4) is 0 Å². The molecule has 0 amide bonds. The third kappa shape index (κ3) is 2.04. The van der Waals surface area contributed by atoms with Crippen LogP contribution in [0.15, 0.2) is 34.0 Å². The van der Waals surface area contributed by atoms with E-state index < -0.39 is 0 Å². The Labute approximate surface area is 92.6 Å². The van der Waals surface area contributed by atoms with Crippen molar-refractivity contribution in [3.63, 3.8) is 0 Å². The van der Waals surface area contributed by atoms with Crippen LogP contribution in [0.25, 0.3) is 0 Å². The van der Waals surface area contributed by atoms with Crippen molar-refractivity contribution in [2.45, 2.75) is 26.4 Å². The molecule has 0 atom stereocenters. The molecule has 0 spiro atoms. The molecule has 3 nitrogen and oxygen atoms in total. The van der Waals surface area contributed by atoms with E-state index in [-0.39, 0.29) is 11.7 Å². The Bertz CT molecular complexity index is 479. The number of hydrogen-bond donors (Lipinski definition) is 0. The van der Waals surface area contributed by atoms with Crippen LogP contribution in [0.1, 0.15) is 25.5 Å². The molecule has 0 unspecified atom stereocenters. The second-order valence-electron chi connectivity index (χ2n) is 3.84. The normalized spacial score (nSPS) is 11.1. The van der Waals surface area contributed by atoms with Crippen molar-refractivity contribution in [3.05, 3.63) is 45.3 Å². The highest BCUT2D eigenvalue weighted by Gasteiger charge is 2.06. The van der Waals surface area contributed by atoms with Crippen LogP contribution in [0, 0.1) is 0 Å². The van der Waals surface area contributed by atoms with Gasteiger partial charge in [0.05, 0.1) is 6.54 Å². The van der Waals surface area contributed by atoms with E-state index in [0.717, 1.165) is 0 Å². The number of thiophene rings is 1. The van der Waals surface area contributed by atoms with Crippen molar-refractivity contribution in [1.82, 2.24) is 9.13 Å². The fourth-order valence-electron chi connectivity index (χ4n) is 1.52. The van der Waals surface area contributed by atoms with Crippen LogP contribution in [0.5, 0.6) is 0 Å². The summed E-state index contributed by atoms with van der Waals surface area (Å²) in [5.74, 6) is 0. The molecule has 0 aliphatic heterocycles.